The SMILES string of the molecule is C=Nc1ccc(F)cc1SC. The summed E-state index contributed by atoms with van der Waals surface area (Å²) in [5, 5.41) is 0. The van der Waals surface area contributed by atoms with E-state index in [1.54, 1.807) is 6.07 Å². The number of aliphatic imine (C=N–C) groups is 1. The van der Waals surface area contributed by atoms with Crippen LogP contribution in [0.4, 0.5) is 10.1 Å². The summed E-state index contributed by atoms with van der Waals surface area (Å²) in [4.78, 5) is 4.56. The average molecular weight is 169 g/mol. The Balaban J connectivity index is 3.16. The number of hydrogen-bond acceptors (Lipinski definition) is 2. The second-order valence-electron chi connectivity index (χ2n) is 1.97. The minimum absolute atomic E-state index is 0.234. The molecule has 1 aromatic carbocycles. The van der Waals surface area contributed by atoms with Crippen LogP contribution in [-0.4, -0.2) is 13.0 Å². The first-order valence-corrected chi connectivity index (χ1v) is 4.30. The van der Waals surface area contributed by atoms with Gasteiger partial charge in [-0.3, -0.25) is 4.99 Å². The van der Waals surface area contributed by atoms with Crippen LogP contribution in [-0.2, 0) is 0 Å². The Labute approximate surface area is 69.3 Å². The lowest BCUT2D eigenvalue weighted by Crippen LogP contribution is -1.75. The molecule has 0 radical (unpaired) electrons. The van der Waals surface area contributed by atoms with Crippen LogP contribution in [0.25, 0.3) is 0 Å². The molecule has 0 heterocycles. The molecule has 1 aromatic rings. The fourth-order valence-corrected chi connectivity index (χ4v) is 1.35. The molecule has 0 atom stereocenters. The van der Waals surface area contributed by atoms with Crippen molar-refractivity contribution in [3.63, 3.8) is 0 Å². The quantitative estimate of drug-likeness (QED) is 0.490. The standard InChI is InChI=1S/C8H8FNS/c1-10-7-4-3-6(9)5-8(7)11-2/h3-5H,1H2,2H3. The zero-order valence-electron chi connectivity index (χ0n) is 6.17. The molecular formula is C8H8FNS. The average Bonchev–Trinajstić information content (AvgIpc) is 2.04. The summed E-state index contributed by atoms with van der Waals surface area (Å²) in [6.45, 7) is 3.38. The number of nitrogens with zero attached hydrogens (tertiary/aromatic N) is 1. The highest BCUT2D eigenvalue weighted by Crippen LogP contribution is 2.27. The van der Waals surface area contributed by atoms with Gasteiger partial charge in [0.2, 0.25) is 0 Å². The largest absolute Gasteiger partial charge is 0.263 e. The van der Waals surface area contributed by atoms with E-state index in [1.165, 1.54) is 23.9 Å². The van der Waals surface area contributed by atoms with Gasteiger partial charge in [-0.15, -0.1) is 11.8 Å². The third-order valence-corrected chi connectivity index (χ3v) is 2.08. The molecule has 0 unspecified atom stereocenters. The fourth-order valence-electron chi connectivity index (χ4n) is 0.782. The summed E-state index contributed by atoms with van der Waals surface area (Å²) in [6, 6.07) is 4.45. The highest BCUT2D eigenvalue weighted by Gasteiger charge is 1.99. The van der Waals surface area contributed by atoms with Crippen molar-refractivity contribution in [1.82, 2.24) is 0 Å². The molecule has 0 bridgehead atoms. The third kappa shape index (κ3) is 1.80. The normalized spacial score (nSPS) is 9.64. The summed E-state index contributed by atoms with van der Waals surface area (Å²) in [5.74, 6) is -0.234. The van der Waals surface area contributed by atoms with Crippen LogP contribution in [0.5, 0.6) is 0 Å². The van der Waals surface area contributed by atoms with E-state index < -0.39 is 0 Å². The summed E-state index contributed by atoms with van der Waals surface area (Å²) >= 11 is 1.46. The number of benzene rings is 1. The molecule has 0 saturated carbocycles. The van der Waals surface area contributed by atoms with Gasteiger partial charge >= 0.3 is 0 Å². The lowest BCUT2D eigenvalue weighted by atomic mass is 10.3. The van der Waals surface area contributed by atoms with Crippen LogP contribution in [0, 0.1) is 5.82 Å². The Morgan fingerprint density at radius 3 is 2.82 bits per heavy atom. The van der Waals surface area contributed by atoms with Crippen molar-refractivity contribution in [2.75, 3.05) is 6.26 Å². The van der Waals surface area contributed by atoms with Gasteiger partial charge < -0.3 is 0 Å². The topological polar surface area (TPSA) is 12.4 Å². The smallest absolute Gasteiger partial charge is 0.124 e. The minimum atomic E-state index is -0.234. The van der Waals surface area contributed by atoms with Crippen molar-refractivity contribution < 1.29 is 4.39 Å². The maximum Gasteiger partial charge on any atom is 0.124 e. The summed E-state index contributed by atoms with van der Waals surface area (Å²) in [6.07, 6.45) is 1.88. The second kappa shape index (κ2) is 3.53. The van der Waals surface area contributed by atoms with E-state index in [-0.39, 0.29) is 5.82 Å². The van der Waals surface area contributed by atoms with E-state index in [1.807, 2.05) is 6.26 Å². The number of hydrogen-bond donors (Lipinski definition) is 0. The first-order chi connectivity index (χ1) is 5.27. The molecule has 1 nitrogen and oxygen atoms in total. The molecule has 0 aromatic heterocycles. The number of rotatable bonds is 2. The molecule has 0 amide bonds. The van der Waals surface area contributed by atoms with E-state index in [4.69, 9.17) is 0 Å². The van der Waals surface area contributed by atoms with Crippen molar-refractivity contribution >= 4 is 24.2 Å². The molecule has 0 spiro atoms. The predicted octanol–water partition coefficient (Wildman–Crippen LogP) is 2.88. The van der Waals surface area contributed by atoms with Gasteiger partial charge in [0.1, 0.15) is 5.82 Å². The first-order valence-electron chi connectivity index (χ1n) is 3.08. The van der Waals surface area contributed by atoms with Gasteiger partial charge in [0.25, 0.3) is 0 Å². The van der Waals surface area contributed by atoms with Crippen LogP contribution in [0.1, 0.15) is 0 Å². The Hall–Kier alpha value is -0.830. The molecule has 1 rings (SSSR count). The summed E-state index contributed by atoms with van der Waals surface area (Å²) in [5.41, 5.74) is 0.735. The molecule has 0 saturated heterocycles. The summed E-state index contributed by atoms with van der Waals surface area (Å²) < 4.78 is 12.6. The van der Waals surface area contributed by atoms with Crippen molar-refractivity contribution in [3.05, 3.63) is 24.0 Å². The van der Waals surface area contributed by atoms with E-state index >= 15 is 0 Å². The molecule has 0 fully saturated rings. The molecule has 58 valence electrons. The summed E-state index contributed by atoms with van der Waals surface area (Å²) in [7, 11) is 0. The van der Waals surface area contributed by atoms with Gasteiger partial charge in [-0.25, -0.2) is 4.39 Å². The number of halogens is 1. The van der Waals surface area contributed by atoms with Gasteiger partial charge in [0.15, 0.2) is 0 Å². The maximum absolute atomic E-state index is 12.6. The van der Waals surface area contributed by atoms with Crippen molar-refractivity contribution in [2.45, 2.75) is 4.90 Å². The van der Waals surface area contributed by atoms with Crippen LogP contribution in [0.2, 0.25) is 0 Å². The van der Waals surface area contributed by atoms with Gasteiger partial charge in [-0.2, -0.15) is 0 Å². The highest BCUT2D eigenvalue weighted by atomic mass is 32.2. The van der Waals surface area contributed by atoms with Crippen molar-refractivity contribution in [1.29, 1.82) is 0 Å². The molecule has 0 N–H and O–H groups in total. The molecule has 3 heteroatoms. The van der Waals surface area contributed by atoms with E-state index in [2.05, 4.69) is 11.7 Å². The van der Waals surface area contributed by atoms with E-state index in [0.717, 1.165) is 10.6 Å². The Morgan fingerprint density at radius 2 is 2.27 bits per heavy atom. The zero-order chi connectivity index (χ0) is 8.27. The van der Waals surface area contributed by atoms with Crippen LogP contribution in [0.3, 0.4) is 0 Å². The van der Waals surface area contributed by atoms with Crippen molar-refractivity contribution in [2.24, 2.45) is 4.99 Å². The molecule has 0 aliphatic carbocycles. The number of thioether (sulfide) groups is 1. The first kappa shape index (κ1) is 8.27. The van der Waals surface area contributed by atoms with Gasteiger partial charge in [0, 0.05) is 4.90 Å². The molecule has 0 aliphatic rings. The lowest BCUT2D eigenvalue weighted by molar-refractivity contribution is 0.624. The lowest BCUT2D eigenvalue weighted by Gasteiger charge is -1.99. The Morgan fingerprint density at radius 1 is 1.55 bits per heavy atom. The maximum atomic E-state index is 12.6. The minimum Gasteiger partial charge on any atom is -0.263 e. The van der Waals surface area contributed by atoms with Crippen LogP contribution < -0.4 is 0 Å². The Bertz CT molecular complexity index is 273. The van der Waals surface area contributed by atoms with E-state index in [0.29, 0.717) is 0 Å². The Kier molecular flexibility index (Phi) is 2.65. The zero-order valence-corrected chi connectivity index (χ0v) is 6.99. The van der Waals surface area contributed by atoms with Gasteiger partial charge in [-0.1, -0.05) is 0 Å². The van der Waals surface area contributed by atoms with Crippen molar-refractivity contribution in [3.8, 4) is 0 Å². The second-order valence-corrected chi connectivity index (χ2v) is 2.82. The molecule has 11 heavy (non-hydrogen) atoms. The van der Waals surface area contributed by atoms with Gasteiger partial charge in [-0.05, 0) is 31.2 Å². The third-order valence-electron chi connectivity index (χ3n) is 1.31. The fraction of sp³-hybridized carbons (Fsp3) is 0.125. The molecule has 0 aliphatic heterocycles. The van der Waals surface area contributed by atoms with Crippen LogP contribution in [0.15, 0.2) is 28.1 Å². The molecular weight excluding hydrogens is 161 g/mol. The predicted molar refractivity (Wildman–Crippen MR) is 47.4 cm³/mol. The van der Waals surface area contributed by atoms with Crippen LogP contribution >= 0.6 is 11.8 Å². The highest BCUT2D eigenvalue weighted by molar-refractivity contribution is 7.98. The monoisotopic (exact) mass is 169 g/mol. The van der Waals surface area contributed by atoms with E-state index in [9.17, 15) is 4.39 Å². The van der Waals surface area contributed by atoms with Gasteiger partial charge in [0.05, 0.1) is 5.69 Å².